The molecule has 104 valence electrons. The van der Waals surface area contributed by atoms with Crippen LogP contribution in [0.25, 0.3) is 0 Å². The number of piperazine rings is 1. The molecule has 1 aromatic carbocycles. The molecule has 1 amide bonds. The van der Waals surface area contributed by atoms with Crippen molar-refractivity contribution in [2.45, 2.75) is 13.0 Å². The van der Waals surface area contributed by atoms with E-state index in [2.05, 4.69) is 11.8 Å². The van der Waals surface area contributed by atoms with E-state index in [9.17, 15) is 9.18 Å². The molecular weight excluding hydrogens is 245 g/mol. The fourth-order valence-electron chi connectivity index (χ4n) is 2.29. The smallest absolute Gasteiger partial charge is 0.253 e. The van der Waals surface area contributed by atoms with Crippen LogP contribution in [-0.2, 0) is 0 Å². The third-order valence-electron chi connectivity index (χ3n) is 3.66. The molecule has 2 N–H and O–H groups in total. The van der Waals surface area contributed by atoms with Crippen LogP contribution in [0, 0.1) is 5.82 Å². The number of benzene rings is 1. The maximum absolute atomic E-state index is 12.8. The number of nitrogens with zero attached hydrogens (tertiary/aromatic N) is 2. The van der Waals surface area contributed by atoms with Crippen LogP contribution in [0.15, 0.2) is 24.3 Å². The lowest BCUT2D eigenvalue weighted by atomic mass is 10.1. The van der Waals surface area contributed by atoms with Crippen molar-refractivity contribution in [1.82, 2.24) is 9.80 Å². The van der Waals surface area contributed by atoms with Gasteiger partial charge < -0.3 is 10.6 Å². The molecule has 1 aliphatic heterocycles. The van der Waals surface area contributed by atoms with Crippen molar-refractivity contribution < 1.29 is 9.18 Å². The normalized spacial score (nSPS) is 18.4. The molecule has 2 rings (SSSR count). The van der Waals surface area contributed by atoms with Gasteiger partial charge in [-0.3, -0.25) is 9.69 Å². The third kappa shape index (κ3) is 3.30. The van der Waals surface area contributed by atoms with Crippen molar-refractivity contribution in [3.63, 3.8) is 0 Å². The van der Waals surface area contributed by atoms with Gasteiger partial charge in [-0.25, -0.2) is 4.39 Å². The lowest BCUT2D eigenvalue weighted by molar-refractivity contribution is 0.0589. The zero-order chi connectivity index (χ0) is 13.8. The molecule has 1 saturated heterocycles. The molecule has 1 fully saturated rings. The number of carbonyl (C=O) groups excluding carboxylic acids is 1. The Bertz CT molecular complexity index is 427. The number of carbonyl (C=O) groups is 1. The van der Waals surface area contributed by atoms with E-state index in [0.717, 1.165) is 13.1 Å². The van der Waals surface area contributed by atoms with Crippen LogP contribution in [0.2, 0.25) is 0 Å². The monoisotopic (exact) mass is 265 g/mol. The quantitative estimate of drug-likeness (QED) is 0.884. The summed E-state index contributed by atoms with van der Waals surface area (Å²) in [6, 6.07) is 6.06. The number of amides is 1. The average Bonchev–Trinajstić information content (AvgIpc) is 2.46. The summed E-state index contributed by atoms with van der Waals surface area (Å²) in [5.41, 5.74) is 6.19. The molecule has 5 heteroatoms. The summed E-state index contributed by atoms with van der Waals surface area (Å²) in [5, 5.41) is 0. The number of hydrogen-bond acceptors (Lipinski definition) is 3. The molecule has 0 spiro atoms. The number of hydrogen-bond donors (Lipinski definition) is 1. The molecule has 1 atom stereocenters. The van der Waals surface area contributed by atoms with Gasteiger partial charge in [0.15, 0.2) is 0 Å². The van der Waals surface area contributed by atoms with Crippen LogP contribution >= 0.6 is 0 Å². The summed E-state index contributed by atoms with van der Waals surface area (Å²) in [6.45, 7) is 5.79. The first kappa shape index (κ1) is 14.0. The van der Waals surface area contributed by atoms with E-state index in [-0.39, 0.29) is 11.7 Å². The third-order valence-corrected chi connectivity index (χ3v) is 3.66. The fraction of sp³-hybridized carbons (Fsp3) is 0.500. The van der Waals surface area contributed by atoms with Gasteiger partial charge in [-0.2, -0.15) is 0 Å². The predicted molar refractivity (Wildman–Crippen MR) is 72.4 cm³/mol. The van der Waals surface area contributed by atoms with E-state index in [0.29, 0.717) is 31.2 Å². The number of nitrogens with two attached hydrogens (primary N) is 1. The van der Waals surface area contributed by atoms with E-state index < -0.39 is 0 Å². The standard InChI is InChI=1S/C14H20FN3O/c1-11(10-16)17-6-8-18(9-7-17)14(19)12-2-4-13(15)5-3-12/h2-5,11H,6-10,16H2,1H3. The Balaban J connectivity index is 1.94. The van der Waals surface area contributed by atoms with Gasteiger partial charge in [0.2, 0.25) is 0 Å². The van der Waals surface area contributed by atoms with Gasteiger partial charge >= 0.3 is 0 Å². The maximum Gasteiger partial charge on any atom is 0.253 e. The van der Waals surface area contributed by atoms with Gasteiger partial charge in [0.25, 0.3) is 5.91 Å². The second-order valence-corrected chi connectivity index (χ2v) is 4.92. The van der Waals surface area contributed by atoms with Crippen molar-refractivity contribution in [2.75, 3.05) is 32.7 Å². The summed E-state index contributed by atoms with van der Waals surface area (Å²) in [5.74, 6) is -0.349. The van der Waals surface area contributed by atoms with Crippen LogP contribution in [0.3, 0.4) is 0 Å². The van der Waals surface area contributed by atoms with Crippen molar-refractivity contribution >= 4 is 5.91 Å². The highest BCUT2D eigenvalue weighted by molar-refractivity contribution is 5.94. The number of halogens is 1. The van der Waals surface area contributed by atoms with Crippen LogP contribution < -0.4 is 5.73 Å². The Hall–Kier alpha value is -1.46. The van der Waals surface area contributed by atoms with E-state index in [1.807, 2.05) is 4.90 Å². The van der Waals surface area contributed by atoms with Crippen LogP contribution in [0.4, 0.5) is 4.39 Å². The first-order chi connectivity index (χ1) is 9.11. The molecule has 1 heterocycles. The van der Waals surface area contributed by atoms with Crippen molar-refractivity contribution in [3.05, 3.63) is 35.6 Å². The molecule has 1 aliphatic rings. The first-order valence-electron chi connectivity index (χ1n) is 6.61. The van der Waals surface area contributed by atoms with Gasteiger partial charge in [-0.15, -0.1) is 0 Å². The Kier molecular flexibility index (Phi) is 4.50. The molecule has 0 saturated carbocycles. The summed E-state index contributed by atoms with van der Waals surface area (Å²) < 4.78 is 12.8. The highest BCUT2D eigenvalue weighted by Crippen LogP contribution is 2.11. The molecule has 0 bridgehead atoms. The van der Waals surface area contributed by atoms with Crippen LogP contribution in [0.5, 0.6) is 0 Å². The van der Waals surface area contributed by atoms with E-state index in [4.69, 9.17) is 5.73 Å². The van der Waals surface area contributed by atoms with Crippen molar-refractivity contribution in [3.8, 4) is 0 Å². The lowest BCUT2D eigenvalue weighted by Crippen LogP contribution is -2.52. The molecule has 0 aliphatic carbocycles. The highest BCUT2D eigenvalue weighted by Gasteiger charge is 2.24. The van der Waals surface area contributed by atoms with Gasteiger partial charge in [-0.05, 0) is 31.2 Å². The minimum atomic E-state index is -0.321. The number of rotatable bonds is 3. The molecule has 4 nitrogen and oxygen atoms in total. The topological polar surface area (TPSA) is 49.6 Å². The molecule has 1 unspecified atom stereocenters. The zero-order valence-electron chi connectivity index (χ0n) is 11.2. The largest absolute Gasteiger partial charge is 0.336 e. The van der Waals surface area contributed by atoms with Crippen LogP contribution in [-0.4, -0.2) is 54.5 Å². The molecule has 0 radical (unpaired) electrons. The van der Waals surface area contributed by atoms with Crippen LogP contribution in [0.1, 0.15) is 17.3 Å². The predicted octanol–water partition coefficient (Wildman–Crippen LogP) is 0.931. The molecular formula is C14H20FN3O. The Morgan fingerprint density at radius 1 is 1.26 bits per heavy atom. The molecule has 1 aromatic rings. The van der Waals surface area contributed by atoms with E-state index in [1.165, 1.54) is 24.3 Å². The van der Waals surface area contributed by atoms with E-state index >= 15 is 0 Å². The Morgan fingerprint density at radius 3 is 2.37 bits per heavy atom. The highest BCUT2D eigenvalue weighted by atomic mass is 19.1. The lowest BCUT2D eigenvalue weighted by Gasteiger charge is -2.37. The second-order valence-electron chi connectivity index (χ2n) is 4.92. The Morgan fingerprint density at radius 2 is 1.84 bits per heavy atom. The van der Waals surface area contributed by atoms with Gasteiger partial charge in [-0.1, -0.05) is 0 Å². The van der Waals surface area contributed by atoms with Gasteiger partial charge in [0.05, 0.1) is 0 Å². The summed E-state index contributed by atoms with van der Waals surface area (Å²) in [7, 11) is 0. The van der Waals surface area contributed by atoms with Crippen molar-refractivity contribution in [1.29, 1.82) is 0 Å². The summed E-state index contributed by atoms with van der Waals surface area (Å²) in [4.78, 5) is 16.3. The summed E-state index contributed by atoms with van der Waals surface area (Å²) in [6.07, 6.45) is 0. The fourth-order valence-corrected chi connectivity index (χ4v) is 2.29. The van der Waals surface area contributed by atoms with Crippen molar-refractivity contribution in [2.24, 2.45) is 5.73 Å². The zero-order valence-corrected chi connectivity index (χ0v) is 11.2. The average molecular weight is 265 g/mol. The maximum atomic E-state index is 12.8. The molecule has 0 aromatic heterocycles. The second kappa shape index (κ2) is 6.12. The Labute approximate surface area is 113 Å². The minimum Gasteiger partial charge on any atom is -0.336 e. The molecule has 19 heavy (non-hydrogen) atoms. The van der Waals surface area contributed by atoms with E-state index in [1.54, 1.807) is 0 Å². The van der Waals surface area contributed by atoms with Gasteiger partial charge in [0, 0.05) is 44.3 Å². The summed E-state index contributed by atoms with van der Waals surface area (Å²) >= 11 is 0. The SMILES string of the molecule is CC(CN)N1CCN(C(=O)c2ccc(F)cc2)CC1. The van der Waals surface area contributed by atoms with Gasteiger partial charge in [0.1, 0.15) is 5.82 Å². The first-order valence-corrected chi connectivity index (χ1v) is 6.61. The minimum absolute atomic E-state index is 0.0277.